The second-order valence-corrected chi connectivity index (χ2v) is 10.7. The smallest absolute Gasteiger partial charge is 0.0541 e. The summed E-state index contributed by atoms with van der Waals surface area (Å²) in [6, 6.07) is 41.8. The lowest BCUT2D eigenvalue weighted by atomic mass is 9.91. The largest absolute Gasteiger partial charge is 0.309 e. The number of hydrogen-bond donors (Lipinski definition) is 0. The maximum Gasteiger partial charge on any atom is 0.0541 e. The van der Waals surface area contributed by atoms with E-state index in [0.29, 0.717) is 0 Å². The van der Waals surface area contributed by atoms with Gasteiger partial charge < -0.3 is 4.57 Å². The Bertz CT molecular complexity index is 1870. The van der Waals surface area contributed by atoms with Crippen LogP contribution in [-0.4, -0.2) is 4.57 Å². The van der Waals surface area contributed by atoms with E-state index in [9.17, 15) is 0 Å². The highest BCUT2D eigenvalue weighted by molar-refractivity contribution is 9.10. The molecule has 0 spiro atoms. The van der Waals surface area contributed by atoms with E-state index >= 15 is 0 Å². The van der Waals surface area contributed by atoms with Crippen LogP contribution in [0.5, 0.6) is 0 Å². The second-order valence-electron chi connectivity index (χ2n) is 9.83. The molecule has 2 heteroatoms. The average Bonchev–Trinajstić information content (AvgIpc) is 3.31. The summed E-state index contributed by atoms with van der Waals surface area (Å²) >= 11 is 3.70. The molecule has 1 heterocycles. The molecule has 1 aliphatic rings. The quantitative estimate of drug-likeness (QED) is 0.205. The van der Waals surface area contributed by atoms with Gasteiger partial charge in [0.15, 0.2) is 0 Å². The molecular weight excluding hydrogens is 526 g/mol. The Morgan fingerprint density at radius 3 is 2.08 bits per heavy atom. The van der Waals surface area contributed by atoms with Crippen LogP contribution in [-0.2, 0) is 0 Å². The molecule has 0 radical (unpaired) electrons. The monoisotopic (exact) mass is 551 g/mol. The third-order valence-corrected chi connectivity index (χ3v) is 7.96. The molecule has 0 amide bonds. The number of fused-ring (bicyclic) bond motifs is 3. The minimum Gasteiger partial charge on any atom is -0.309 e. The van der Waals surface area contributed by atoms with Crippen LogP contribution >= 0.6 is 15.9 Å². The topological polar surface area (TPSA) is 4.93 Å². The van der Waals surface area contributed by atoms with E-state index < -0.39 is 0 Å². The van der Waals surface area contributed by atoms with Crippen LogP contribution < -0.4 is 0 Å². The first-order valence-electron chi connectivity index (χ1n) is 13.1. The minimum atomic E-state index is 1.08. The van der Waals surface area contributed by atoms with Gasteiger partial charge in [0.25, 0.3) is 0 Å². The van der Waals surface area contributed by atoms with E-state index in [1.54, 1.807) is 0 Å². The van der Waals surface area contributed by atoms with Crippen molar-refractivity contribution in [2.24, 2.45) is 0 Å². The number of rotatable bonds is 4. The highest BCUT2D eigenvalue weighted by Crippen LogP contribution is 2.39. The van der Waals surface area contributed by atoms with Gasteiger partial charge in [-0.1, -0.05) is 107 Å². The van der Waals surface area contributed by atoms with E-state index in [0.717, 1.165) is 17.3 Å². The molecule has 6 aromatic rings. The van der Waals surface area contributed by atoms with Crippen LogP contribution in [0.2, 0.25) is 0 Å². The summed E-state index contributed by atoms with van der Waals surface area (Å²) in [6.07, 6.45) is 9.12. The average molecular weight is 553 g/mol. The molecule has 0 unspecified atom stereocenters. The molecule has 0 atom stereocenters. The van der Waals surface area contributed by atoms with E-state index in [2.05, 4.69) is 154 Å². The Morgan fingerprint density at radius 2 is 1.26 bits per heavy atom. The van der Waals surface area contributed by atoms with Gasteiger partial charge in [0.05, 0.1) is 11.0 Å². The number of nitrogens with zero attached hydrogens (tertiary/aromatic N) is 1. The zero-order valence-electron chi connectivity index (χ0n) is 20.9. The Balaban J connectivity index is 1.53. The van der Waals surface area contributed by atoms with Gasteiger partial charge in [0.2, 0.25) is 0 Å². The molecule has 1 aromatic heterocycles. The standard InChI is InChI=1S/C36H26BrN/c37-29-19-20-36-34(24-29)33-17-9-10-18-35(33)38(36)30-22-27(25-11-3-1-4-12-25)21-28(23-30)32-16-8-7-15-31(32)26-13-5-2-6-14-26/h2-3,5-24H,1,4H2. The molecule has 5 aromatic carbocycles. The molecule has 182 valence electrons. The zero-order chi connectivity index (χ0) is 25.5. The molecule has 0 fully saturated rings. The van der Waals surface area contributed by atoms with Gasteiger partial charge >= 0.3 is 0 Å². The molecule has 7 rings (SSSR count). The summed E-state index contributed by atoms with van der Waals surface area (Å²) in [5.74, 6) is 0. The number of aromatic nitrogens is 1. The Kier molecular flexibility index (Phi) is 5.83. The van der Waals surface area contributed by atoms with Crippen LogP contribution in [0.25, 0.3) is 55.3 Å². The number of hydrogen-bond acceptors (Lipinski definition) is 0. The van der Waals surface area contributed by atoms with Crippen LogP contribution in [0.4, 0.5) is 0 Å². The Labute approximate surface area is 231 Å². The first-order chi connectivity index (χ1) is 18.8. The highest BCUT2D eigenvalue weighted by Gasteiger charge is 2.16. The second kappa shape index (κ2) is 9.63. The third kappa shape index (κ3) is 4.02. The predicted molar refractivity (Wildman–Crippen MR) is 166 cm³/mol. The van der Waals surface area contributed by atoms with Gasteiger partial charge in [-0.25, -0.2) is 0 Å². The van der Waals surface area contributed by atoms with Crippen molar-refractivity contribution >= 4 is 43.3 Å². The van der Waals surface area contributed by atoms with Crippen molar-refractivity contribution < 1.29 is 0 Å². The van der Waals surface area contributed by atoms with E-state index in [1.807, 2.05) is 0 Å². The number of halogens is 1. The molecule has 38 heavy (non-hydrogen) atoms. The maximum atomic E-state index is 3.70. The third-order valence-electron chi connectivity index (χ3n) is 7.46. The van der Waals surface area contributed by atoms with Crippen molar-refractivity contribution in [3.63, 3.8) is 0 Å². The molecule has 0 saturated carbocycles. The van der Waals surface area contributed by atoms with E-state index in [-0.39, 0.29) is 0 Å². The van der Waals surface area contributed by atoms with Crippen molar-refractivity contribution in [2.75, 3.05) is 0 Å². The first-order valence-corrected chi connectivity index (χ1v) is 13.9. The molecular formula is C36H26BrN. The van der Waals surface area contributed by atoms with Crippen LogP contribution in [0, 0.1) is 0 Å². The van der Waals surface area contributed by atoms with Crippen molar-refractivity contribution in [2.45, 2.75) is 12.8 Å². The summed E-state index contributed by atoms with van der Waals surface area (Å²) in [4.78, 5) is 0. The number of para-hydroxylation sites is 1. The molecule has 0 saturated heterocycles. The lowest BCUT2D eigenvalue weighted by Gasteiger charge is -2.17. The van der Waals surface area contributed by atoms with Crippen LogP contribution in [0.1, 0.15) is 18.4 Å². The fourth-order valence-corrected chi connectivity index (χ4v) is 6.08. The van der Waals surface area contributed by atoms with Crippen LogP contribution in [0.15, 0.2) is 138 Å². The fraction of sp³-hybridized carbons (Fsp3) is 0.0556. The van der Waals surface area contributed by atoms with Crippen molar-refractivity contribution in [3.05, 3.63) is 144 Å². The molecule has 0 aliphatic heterocycles. The van der Waals surface area contributed by atoms with Gasteiger partial charge in [0, 0.05) is 20.9 Å². The number of allylic oxidation sites excluding steroid dienone is 4. The van der Waals surface area contributed by atoms with Crippen molar-refractivity contribution in [1.82, 2.24) is 4.57 Å². The zero-order valence-corrected chi connectivity index (χ0v) is 22.5. The molecule has 1 aliphatic carbocycles. The van der Waals surface area contributed by atoms with Crippen molar-refractivity contribution in [3.8, 4) is 27.9 Å². The summed E-state index contributed by atoms with van der Waals surface area (Å²) in [5, 5.41) is 2.51. The van der Waals surface area contributed by atoms with Gasteiger partial charge in [-0.3, -0.25) is 0 Å². The predicted octanol–water partition coefficient (Wildman–Crippen LogP) is 10.6. The summed E-state index contributed by atoms with van der Waals surface area (Å²) < 4.78 is 3.51. The molecule has 0 N–H and O–H groups in total. The maximum absolute atomic E-state index is 3.70. The summed E-state index contributed by atoms with van der Waals surface area (Å²) in [5.41, 5.74) is 11.1. The number of benzene rings is 5. The van der Waals surface area contributed by atoms with Crippen LogP contribution in [0.3, 0.4) is 0 Å². The Hall–Kier alpha value is -4.14. The highest BCUT2D eigenvalue weighted by atomic mass is 79.9. The lowest BCUT2D eigenvalue weighted by molar-refractivity contribution is 1.04. The summed E-state index contributed by atoms with van der Waals surface area (Å²) in [7, 11) is 0. The van der Waals surface area contributed by atoms with Gasteiger partial charge in [-0.05, 0) is 88.7 Å². The normalized spacial score (nSPS) is 13.2. The van der Waals surface area contributed by atoms with E-state index in [1.165, 1.54) is 60.9 Å². The van der Waals surface area contributed by atoms with Gasteiger partial charge in [-0.2, -0.15) is 0 Å². The Morgan fingerprint density at radius 1 is 0.553 bits per heavy atom. The van der Waals surface area contributed by atoms with Crippen molar-refractivity contribution in [1.29, 1.82) is 0 Å². The minimum absolute atomic E-state index is 1.08. The van der Waals surface area contributed by atoms with Gasteiger partial charge in [-0.15, -0.1) is 0 Å². The van der Waals surface area contributed by atoms with Gasteiger partial charge in [0.1, 0.15) is 0 Å². The fourth-order valence-electron chi connectivity index (χ4n) is 5.72. The molecule has 0 bridgehead atoms. The SMILES string of the molecule is Brc1ccc2c(c1)c1ccccc1n2-c1cc(C2=CCCC=C2)cc(-c2ccccc2-c2ccccc2)c1. The summed E-state index contributed by atoms with van der Waals surface area (Å²) in [6.45, 7) is 0. The van der Waals surface area contributed by atoms with E-state index in [4.69, 9.17) is 0 Å². The first kappa shape index (κ1) is 23.0. The lowest BCUT2D eigenvalue weighted by Crippen LogP contribution is -1.98. The molecule has 1 nitrogen and oxygen atoms in total.